The van der Waals surface area contributed by atoms with Crippen LogP contribution in [0.1, 0.15) is 10.4 Å². The highest BCUT2D eigenvalue weighted by molar-refractivity contribution is 6.03. The molecule has 0 saturated heterocycles. The van der Waals surface area contributed by atoms with Crippen LogP contribution in [0.5, 0.6) is 0 Å². The van der Waals surface area contributed by atoms with E-state index in [2.05, 4.69) is 20.3 Å². The normalized spacial score (nSPS) is 10.7. The van der Waals surface area contributed by atoms with Crippen molar-refractivity contribution in [3.63, 3.8) is 0 Å². The number of hydrogen-bond donors (Lipinski definition) is 2. The van der Waals surface area contributed by atoms with Crippen molar-refractivity contribution in [1.82, 2.24) is 19.5 Å². The fraction of sp³-hybridized carbons (Fsp3) is 0.0769. The third-order valence-corrected chi connectivity index (χ3v) is 2.84. The van der Waals surface area contributed by atoms with Crippen LogP contribution < -0.4 is 10.9 Å². The second kappa shape index (κ2) is 4.61. The molecular weight excluding hydrogens is 258 g/mol. The zero-order chi connectivity index (χ0) is 14.1. The molecule has 0 aliphatic carbocycles. The van der Waals surface area contributed by atoms with E-state index in [1.807, 2.05) is 6.07 Å². The molecule has 0 saturated carbocycles. The number of fused-ring (bicyclic) bond motifs is 1. The maximum atomic E-state index is 12.0. The van der Waals surface area contributed by atoms with Gasteiger partial charge in [-0.1, -0.05) is 18.2 Å². The summed E-state index contributed by atoms with van der Waals surface area (Å²) >= 11 is 0. The van der Waals surface area contributed by atoms with Crippen molar-refractivity contribution in [3.8, 4) is 0 Å². The minimum atomic E-state index is -0.390. The zero-order valence-electron chi connectivity index (χ0n) is 10.6. The Bertz CT molecular complexity index is 835. The van der Waals surface area contributed by atoms with Crippen LogP contribution in [-0.2, 0) is 7.05 Å². The molecule has 7 heteroatoms. The third-order valence-electron chi connectivity index (χ3n) is 2.84. The topological polar surface area (TPSA) is 92.7 Å². The van der Waals surface area contributed by atoms with Gasteiger partial charge in [-0.2, -0.15) is 4.98 Å². The van der Waals surface area contributed by atoms with Gasteiger partial charge in [0.1, 0.15) is 0 Å². The first-order valence-corrected chi connectivity index (χ1v) is 5.93. The summed E-state index contributed by atoms with van der Waals surface area (Å²) in [6.45, 7) is 0. The Kier molecular flexibility index (Phi) is 2.79. The van der Waals surface area contributed by atoms with E-state index in [0.29, 0.717) is 11.2 Å². The van der Waals surface area contributed by atoms with Gasteiger partial charge in [0.05, 0.1) is 6.33 Å². The van der Waals surface area contributed by atoms with Gasteiger partial charge in [0, 0.05) is 12.6 Å². The fourth-order valence-corrected chi connectivity index (χ4v) is 1.84. The predicted octanol–water partition coefficient (Wildman–Crippen LogP) is 0.909. The molecule has 0 aliphatic heterocycles. The molecule has 0 atom stereocenters. The number of benzene rings is 1. The zero-order valence-corrected chi connectivity index (χ0v) is 10.6. The van der Waals surface area contributed by atoms with Crippen LogP contribution in [0.4, 0.5) is 5.95 Å². The van der Waals surface area contributed by atoms with Crippen molar-refractivity contribution in [2.24, 2.45) is 7.05 Å². The Labute approximate surface area is 113 Å². The van der Waals surface area contributed by atoms with Gasteiger partial charge in [-0.3, -0.25) is 19.9 Å². The number of nitrogens with zero attached hydrogens (tertiary/aromatic N) is 3. The van der Waals surface area contributed by atoms with Crippen molar-refractivity contribution in [1.29, 1.82) is 0 Å². The molecule has 1 aromatic carbocycles. The van der Waals surface area contributed by atoms with E-state index in [0.717, 1.165) is 0 Å². The summed E-state index contributed by atoms with van der Waals surface area (Å²) < 4.78 is 1.61. The molecule has 0 bridgehead atoms. The molecule has 7 nitrogen and oxygen atoms in total. The van der Waals surface area contributed by atoms with E-state index in [-0.39, 0.29) is 22.9 Å². The molecule has 3 aromatic rings. The van der Waals surface area contributed by atoms with Crippen molar-refractivity contribution in [2.45, 2.75) is 0 Å². The largest absolute Gasteiger partial charge is 0.318 e. The Balaban J connectivity index is 1.97. The van der Waals surface area contributed by atoms with Gasteiger partial charge in [0.2, 0.25) is 5.95 Å². The lowest BCUT2D eigenvalue weighted by Crippen LogP contribution is -2.18. The standard InChI is InChI=1S/C13H11N5O2/c1-18-7-14-9-10(18)15-13(17-12(9)20)16-11(19)8-5-3-2-4-6-8/h2-7H,1H3,(H2,15,16,17,19,20). The molecule has 1 amide bonds. The number of H-pyrrole nitrogens is 1. The maximum Gasteiger partial charge on any atom is 0.280 e. The number of aryl methyl sites for hydroxylation is 1. The highest BCUT2D eigenvalue weighted by atomic mass is 16.2. The highest BCUT2D eigenvalue weighted by Gasteiger charge is 2.11. The lowest BCUT2D eigenvalue weighted by Gasteiger charge is -2.04. The SMILES string of the molecule is Cn1cnc2c(=O)[nH]c(NC(=O)c3ccccc3)nc21. The molecule has 100 valence electrons. The first kappa shape index (κ1) is 12.1. The van der Waals surface area contributed by atoms with Crippen LogP contribution >= 0.6 is 0 Å². The Morgan fingerprint density at radius 3 is 2.80 bits per heavy atom. The van der Waals surface area contributed by atoms with Gasteiger partial charge in [0.25, 0.3) is 11.5 Å². The number of nitrogens with one attached hydrogen (secondary N) is 2. The number of rotatable bonds is 2. The van der Waals surface area contributed by atoms with Crippen LogP contribution in [0.25, 0.3) is 11.2 Å². The van der Waals surface area contributed by atoms with E-state index in [4.69, 9.17) is 0 Å². The number of anilines is 1. The minimum absolute atomic E-state index is 0.0972. The van der Waals surface area contributed by atoms with Crippen molar-refractivity contribution < 1.29 is 4.79 Å². The average Bonchev–Trinajstić information content (AvgIpc) is 2.82. The van der Waals surface area contributed by atoms with Crippen molar-refractivity contribution in [3.05, 3.63) is 52.6 Å². The van der Waals surface area contributed by atoms with Crippen molar-refractivity contribution >= 4 is 23.0 Å². The van der Waals surface area contributed by atoms with E-state index in [1.165, 1.54) is 6.33 Å². The number of amides is 1. The van der Waals surface area contributed by atoms with Gasteiger partial charge in [-0.25, -0.2) is 4.98 Å². The van der Waals surface area contributed by atoms with Crippen LogP contribution in [0.3, 0.4) is 0 Å². The van der Waals surface area contributed by atoms with Gasteiger partial charge in [-0.05, 0) is 12.1 Å². The molecular formula is C13H11N5O2. The molecule has 0 spiro atoms. The Morgan fingerprint density at radius 1 is 1.30 bits per heavy atom. The maximum absolute atomic E-state index is 12.0. The average molecular weight is 269 g/mol. The summed E-state index contributed by atoms with van der Waals surface area (Å²) in [5, 5.41) is 2.56. The van der Waals surface area contributed by atoms with E-state index in [9.17, 15) is 9.59 Å². The highest BCUT2D eigenvalue weighted by Crippen LogP contribution is 2.07. The lowest BCUT2D eigenvalue weighted by molar-refractivity contribution is 0.102. The number of imidazole rings is 1. The monoisotopic (exact) mass is 269 g/mol. The van der Waals surface area contributed by atoms with Crippen LogP contribution in [0.15, 0.2) is 41.5 Å². The molecule has 0 radical (unpaired) electrons. The molecule has 0 fully saturated rings. The number of hydrogen-bond acceptors (Lipinski definition) is 4. The summed E-state index contributed by atoms with van der Waals surface area (Å²) in [6, 6.07) is 8.69. The predicted molar refractivity (Wildman–Crippen MR) is 73.5 cm³/mol. The molecule has 0 aliphatic rings. The quantitative estimate of drug-likeness (QED) is 0.723. The summed E-state index contributed by atoms with van der Waals surface area (Å²) in [7, 11) is 1.73. The Morgan fingerprint density at radius 2 is 2.05 bits per heavy atom. The first-order chi connectivity index (χ1) is 9.65. The molecule has 2 N–H and O–H groups in total. The Hall–Kier alpha value is -2.96. The van der Waals surface area contributed by atoms with Gasteiger partial charge in [-0.15, -0.1) is 0 Å². The lowest BCUT2D eigenvalue weighted by atomic mass is 10.2. The number of aromatic nitrogens is 4. The van der Waals surface area contributed by atoms with Crippen LogP contribution in [-0.4, -0.2) is 25.4 Å². The molecule has 2 heterocycles. The van der Waals surface area contributed by atoms with E-state index < -0.39 is 0 Å². The molecule has 20 heavy (non-hydrogen) atoms. The number of aromatic amines is 1. The van der Waals surface area contributed by atoms with Crippen molar-refractivity contribution in [2.75, 3.05) is 5.32 Å². The summed E-state index contributed by atoms with van der Waals surface area (Å²) in [5.41, 5.74) is 0.751. The molecule has 0 unspecified atom stereocenters. The molecule has 2 aromatic heterocycles. The number of carbonyl (C=O) groups is 1. The van der Waals surface area contributed by atoms with E-state index in [1.54, 1.807) is 35.9 Å². The summed E-state index contributed by atoms with van der Waals surface area (Å²) in [5.74, 6) is -0.241. The summed E-state index contributed by atoms with van der Waals surface area (Å²) in [6.07, 6.45) is 1.50. The third kappa shape index (κ3) is 2.05. The van der Waals surface area contributed by atoms with E-state index >= 15 is 0 Å². The fourth-order valence-electron chi connectivity index (χ4n) is 1.84. The second-order valence-electron chi connectivity index (χ2n) is 4.26. The first-order valence-electron chi connectivity index (χ1n) is 5.93. The van der Waals surface area contributed by atoms with Gasteiger partial charge < -0.3 is 4.57 Å². The van der Waals surface area contributed by atoms with Gasteiger partial charge >= 0.3 is 0 Å². The number of carbonyl (C=O) groups excluding carboxylic acids is 1. The van der Waals surface area contributed by atoms with Crippen LogP contribution in [0, 0.1) is 0 Å². The minimum Gasteiger partial charge on any atom is -0.318 e. The summed E-state index contributed by atoms with van der Waals surface area (Å²) in [4.78, 5) is 34.4. The smallest absolute Gasteiger partial charge is 0.280 e. The van der Waals surface area contributed by atoms with Crippen LogP contribution in [0.2, 0.25) is 0 Å². The second-order valence-corrected chi connectivity index (χ2v) is 4.26. The molecule has 3 rings (SSSR count). The van der Waals surface area contributed by atoms with Gasteiger partial charge in [0.15, 0.2) is 11.2 Å².